The van der Waals surface area contributed by atoms with Crippen molar-refractivity contribution >= 4 is 0 Å². The van der Waals surface area contributed by atoms with Gasteiger partial charge in [-0.25, -0.2) is 0 Å². The predicted octanol–water partition coefficient (Wildman–Crippen LogP) is 5.89. The third-order valence-electron chi connectivity index (χ3n) is 2.94. The minimum absolute atomic E-state index is 1.03. The summed E-state index contributed by atoms with van der Waals surface area (Å²) in [5, 5.41) is 0. The lowest BCUT2D eigenvalue weighted by molar-refractivity contribution is 0.566. The maximum Gasteiger partial charge on any atom is -0.0319 e. The zero-order chi connectivity index (χ0) is 11.9. The molecule has 0 saturated heterocycles. The Labute approximate surface area is 104 Å². The second-order valence-electron chi connectivity index (χ2n) is 4.61. The summed E-state index contributed by atoms with van der Waals surface area (Å²) < 4.78 is 0. The van der Waals surface area contributed by atoms with Gasteiger partial charge in [-0.05, 0) is 32.6 Å². The van der Waals surface area contributed by atoms with E-state index in [1.54, 1.807) is 0 Å². The molecule has 94 valence electrons. The monoisotopic (exact) mass is 222 g/mol. The Bertz CT molecular complexity index is 135. The van der Waals surface area contributed by atoms with E-state index in [9.17, 15) is 0 Å². The van der Waals surface area contributed by atoms with Gasteiger partial charge in [0.25, 0.3) is 0 Å². The van der Waals surface area contributed by atoms with Gasteiger partial charge in [-0.3, -0.25) is 0 Å². The van der Waals surface area contributed by atoms with Crippen molar-refractivity contribution in [3.8, 4) is 0 Å². The Morgan fingerprint density at radius 3 is 1.88 bits per heavy atom. The van der Waals surface area contributed by atoms with E-state index in [0.29, 0.717) is 0 Å². The fourth-order valence-corrected chi connectivity index (χ4v) is 1.88. The van der Waals surface area contributed by atoms with Crippen molar-refractivity contribution in [3.05, 3.63) is 25.5 Å². The highest BCUT2D eigenvalue weighted by Crippen LogP contribution is 2.10. The molecule has 0 nitrogen and oxygen atoms in total. The Morgan fingerprint density at radius 1 is 0.750 bits per heavy atom. The molecule has 0 N–H and O–H groups in total. The lowest BCUT2D eigenvalue weighted by Crippen LogP contribution is -1.80. The number of allylic oxidation sites excluding steroid dienone is 2. The van der Waals surface area contributed by atoms with Crippen molar-refractivity contribution in [2.75, 3.05) is 0 Å². The summed E-state index contributed by atoms with van der Waals surface area (Å²) in [5.74, 6) is 0. The molecule has 0 atom stereocenters. The van der Waals surface area contributed by atoms with E-state index in [4.69, 9.17) is 0 Å². The molecule has 0 aromatic heterocycles. The van der Waals surface area contributed by atoms with Gasteiger partial charge in [0.05, 0.1) is 0 Å². The van der Waals surface area contributed by atoms with Gasteiger partial charge in [0.2, 0.25) is 0 Å². The largest absolute Gasteiger partial charge is 0.0885 e. The second kappa shape index (κ2) is 14.7. The van der Waals surface area contributed by atoms with Crippen LogP contribution in [0.3, 0.4) is 0 Å². The molecular formula is C16H30. The highest BCUT2D eigenvalue weighted by molar-refractivity contribution is 4.87. The Hall–Kier alpha value is -0.260. The van der Waals surface area contributed by atoms with E-state index in [1.807, 2.05) is 6.42 Å². The number of hydrogen-bond donors (Lipinski definition) is 0. The van der Waals surface area contributed by atoms with Crippen LogP contribution in [0.2, 0.25) is 0 Å². The molecule has 0 aromatic rings. The molecule has 0 aliphatic carbocycles. The Balaban J connectivity index is 2.93. The first-order chi connectivity index (χ1) is 7.91. The van der Waals surface area contributed by atoms with Crippen LogP contribution in [0, 0.1) is 13.3 Å². The first-order valence-electron chi connectivity index (χ1n) is 7.17. The topological polar surface area (TPSA) is 0 Å². The van der Waals surface area contributed by atoms with Gasteiger partial charge in [-0.2, -0.15) is 0 Å². The smallest absolute Gasteiger partial charge is 0.0319 e. The van der Waals surface area contributed by atoms with Gasteiger partial charge in [0.1, 0.15) is 0 Å². The maximum atomic E-state index is 3.70. The van der Waals surface area contributed by atoms with Crippen LogP contribution >= 0.6 is 0 Å². The zero-order valence-electron chi connectivity index (χ0n) is 11.2. The van der Waals surface area contributed by atoms with Crippen LogP contribution in [0.4, 0.5) is 0 Å². The van der Waals surface area contributed by atoms with Crippen molar-refractivity contribution in [3.63, 3.8) is 0 Å². The van der Waals surface area contributed by atoms with Gasteiger partial charge in [0, 0.05) is 0 Å². The van der Waals surface area contributed by atoms with Crippen LogP contribution in [0.15, 0.2) is 12.2 Å². The maximum absolute atomic E-state index is 3.70. The summed E-state index contributed by atoms with van der Waals surface area (Å²) >= 11 is 0. The molecule has 0 rings (SSSR count). The summed E-state index contributed by atoms with van der Waals surface area (Å²) in [5.41, 5.74) is 0. The van der Waals surface area contributed by atoms with Gasteiger partial charge in [-0.15, -0.1) is 0 Å². The average molecular weight is 222 g/mol. The summed E-state index contributed by atoms with van der Waals surface area (Å²) in [6, 6.07) is 0. The van der Waals surface area contributed by atoms with Crippen molar-refractivity contribution in [1.29, 1.82) is 0 Å². The Morgan fingerprint density at radius 2 is 1.31 bits per heavy atom. The number of hydrogen-bond acceptors (Lipinski definition) is 0. The highest BCUT2D eigenvalue weighted by Gasteiger charge is 1.90. The molecule has 2 radical (unpaired) electrons. The predicted molar refractivity (Wildman–Crippen MR) is 75.3 cm³/mol. The normalized spacial score (nSPS) is 11.4. The van der Waals surface area contributed by atoms with E-state index >= 15 is 0 Å². The van der Waals surface area contributed by atoms with E-state index in [1.165, 1.54) is 64.2 Å². The SMILES string of the molecule is [CH2][CH]C/C=C/CCCCCCCCCCC. The molecule has 16 heavy (non-hydrogen) atoms. The lowest BCUT2D eigenvalue weighted by atomic mass is 10.1. The average Bonchev–Trinajstić information content (AvgIpc) is 2.31. The zero-order valence-corrected chi connectivity index (χ0v) is 11.2. The molecule has 0 aliphatic heterocycles. The molecule has 0 aliphatic rings. The minimum atomic E-state index is 1.03. The summed E-state index contributed by atoms with van der Waals surface area (Å²) in [7, 11) is 0. The third-order valence-corrected chi connectivity index (χ3v) is 2.94. The van der Waals surface area contributed by atoms with Crippen LogP contribution < -0.4 is 0 Å². The molecule has 0 unspecified atom stereocenters. The van der Waals surface area contributed by atoms with Crippen LogP contribution in [-0.2, 0) is 0 Å². The molecule has 0 heteroatoms. The van der Waals surface area contributed by atoms with Gasteiger partial charge in [-0.1, -0.05) is 70.4 Å². The fourth-order valence-electron chi connectivity index (χ4n) is 1.88. The van der Waals surface area contributed by atoms with Crippen LogP contribution in [-0.4, -0.2) is 0 Å². The van der Waals surface area contributed by atoms with Gasteiger partial charge in [0.15, 0.2) is 0 Å². The Kier molecular flexibility index (Phi) is 14.5. The van der Waals surface area contributed by atoms with Crippen LogP contribution in [0.1, 0.15) is 77.6 Å². The van der Waals surface area contributed by atoms with Gasteiger partial charge < -0.3 is 0 Å². The number of unbranched alkanes of at least 4 members (excludes halogenated alkanes) is 10. The molecule has 0 saturated carbocycles. The summed E-state index contributed by atoms with van der Waals surface area (Å²) in [4.78, 5) is 0. The first kappa shape index (κ1) is 15.7. The van der Waals surface area contributed by atoms with Crippen LogP contribution in [0.25, 0.3) is 0 Å². The molecule has 0 aromatic carbocycles. The quantitative estimate of drug-likeness (QED) is 0.285. The standard InChI is InChI=1S/C16H30/c1-3-5-7-9-11-13-15-16-14-12-10-8-6-4-2/h3,7,9H,1,4-6,8,10-16H2,2H3/b9-7+. The van der Waals surface area contributed by atoms with Crippen molar-refractivity contribution in [2.45, 2.75) is 77.6 Å². The molecule has 0 spiro atoms. The molecule has 0 bridgehead atoms. The van der Waals surface area contributed by atoms with E-state index < -0.39 is 0 Å². The molecule has 0 amide bonds. The molecule has 0 heterocycles. The number of rotatable bonds is 12. The van der Waals surface area contributed by atoms with E-state index in [2.05, 4.69) is 26.0 Å². The fraction of sp³-hybridized carbons (Fsp3) is 0.750. The minimum Gasteiger partial charge on any atom is -0.0885 e. The van der Waals surface area contributed by atoms with Crippen molar-refractivity contribution in [2.24, 2.45) is 0 Å². The van der Waals surface area contributed by atoms with Crippen LogP contribution in [0.5, 0.6) is 0 Å². The van der Waals surface area contributed by atoms with E-state index in [0.717, 1.165) is 6.42 Å². The molecular weight excluding hydrogens is 192 g/mol. The van der Waals surface area contributed by atoms with E-state index in [-0.39, 0.29) is 0 Å². The third kappa shape index (κ3) is 13.7. The van der Waals surface area contributed by atoms with Crippen molar-refractivity contribution in [1.82, 2.24) is 0 Å². The lowest BCUT2D eigenvalue weighted by Gasteiger charge is -2.00. The second-order valence-corrected chi connectivity index (χ2v) is 4.61. The molecule has 0 fully saturated rings. The van der Waals surface area contributed by atoms with Gasteiger partial charge >= 0.3 is 0 Å². The first-order valence-corrected chi connectivity index (χ1v) is 7.17. The highest BCUT2D eigenvalue weighted by atomic mass is 14.0. The van der Waals surface area contributed by atoms with Crippen molar-refractivity contribution < 1.29 is 0 Å². The summed E-state index contributed by atoms with van der Waals surface area (Å²) in [6.45, 7) is 5.98. The summed E-state index contributed by atoms with van der Waals surface area (Å²) in [6.07, 6.45) is 21.5.